The molecule has 1 aromatic rings. The lowest BCUT2D eigenvalue weighted by atomic mass is 9.98. The van der Waals surface area contributed by atoms with E-state index >= 15 is 0 Å². The molecule has 1 heterocycles. The minimum absolute atomic E-state index is 0.158. The van der Waals surface area contributed by atoms with Crippen molar-refractivity contribution in [2.24, 2.45) is 0 Å². The zero-order valence-electron chi connectivity index (χ0n) is 10.8. The van der Waals surface area contributed by atoms with Gasteiger partial charge in [0.1, 0.15) is 18.5 Å². The van der Waals surface area contributed by atoms with Crippen LogP contribution >= 0.6 is 15.9 Å². The predicted octanol–water partition coefficient (Wildman–Crippen LogP) is 2.16. The molecule has 0 saturated carbocycles. The summed E-state index contributed by atoms with van der Waals surface area (Å²) >= 11 is 3.20. The van der Waals surface area contributed by atoms with Crippen LogP contribution in [0.3, 0.4) is 0 Å². The van der Waals surface area contributed by atoms with E-state index in [1.807, 2.05) is 0 Å². The summed E-state index contributed by atoms with van der Waals surface area (Å²) in [5.74, 6) is -3.91. The molecule has 0 unspecified atom stereocenters. The minimum Gasteiger partial charge on any atom is -0.390 e. The first-order chi connectivity index (χ1) is 9.45. The number of aliphatic hydroxyl groups excluding tert-OH is 1. The van der Waals surface area contributed by atoms with E-state index in [-0.39, 0.29) is 5.56 Å². The maximum absolute atomic E-state index is 14.1. The summed E-state index contributed by atoms with van der Waals surface area (Å²) in [5, 5.41) is 12.1. The summed E-state index contributed by atoms with van der Waals surface area (Å²) in [5.41, 5.74) is 0.158. The van der Waals surface area contributed by atoms with Crippen LogP contribution < -0.4 is 5.32 Å². The largest absolute Gasteiger partial charge is 0.390 e. The molecule has 0 bridgehead atoms. The molecule has 0 spiro atoms. The summed E-state index contributed by atoms with van der Waals surface area (Å²) in [4.78, 5) is 1.58. The van der Waals surface area contributed by atoms with Gasteiger partial charge in [0.05, 0.1) is 0 Å². The fourth-order valence-corrected chi connectivity index (χ4v) is 2.91. The summed E-state index contributed by atoms with van der Waals surface area (Å²) in [6.07, 6.45) is 0. The normalized spacial score (nSPS) is 19.1. The van der Waals surface area contributed by atoms with Gasteiger partial charge in [-0.25, -0.2) is 13.2 Å². The van der Waals surface area contributed by atoms with Crippen LogP contribution in [0.15, 0.2) is 22.7 Å². The Morgan fingerprint density at radius 3 is 2.60 bits per heavy atom. The fourth-order valence-electron chi connectivity index (χ4n) is 2.44. The molecule has 0 aromatic heterocycles. The third-order valence-electron chi connectivity index (χ3n) is 3.38. The lowest BCUT2D eigenvalue weighted by molar-refractivity contribution is -0.118. The van der Waals surface area contributed by atoms with E-state index in [0.717, 1.165) is 6.07 Å². The van der Waals surface area contributed by atoms with E-state index in [1.54, 1.807) is 4.90 Å². The molecule has 1 aliphatic heterocycles. The van der Waals surface area contributed by atoms with Crippen molar-refractivity contribution in [1.29, 1.82) is 0 Å². The Kier molecular flexibility index (Phi) is 5.06. The van der Waals surface area contributed by atoms with Crippen LogP contribution in [0.1, 0.15) is 11.6 Å². The topological polar surface area (TPSA) is 35.5 Å². The first-order valence-corrected chi connectivity index (χ1v) is 7.13. The van der Waals surface area contributed by atoms with Gasteiger partial charge >= 0.3 is 0 Å². The zero-order chi connectivity index (χ0) is 14.8. The molecule has 0 aliphatic carbocycles. The molecule has 0 radical (unpaired) electrons. The maximum Gasteiger partial charge on any atom is 0.289 e. The summed E-state index contributed by atoms with van der Waals surface area (Å²) in [6, 6.07) is 2.37. The molecular weight excluding hydrogens is 337 g/mol. The number of halogens is 4. The number of hydrogen-bond acceptors (Lipinski definition) is 3. The van der Waals surface area contributed by atoms with Gasteiger partial charge in [0.2, 0.25) is 0 Å². The van der Waals surface area contributed by atoms with Crippen LogP contribution in [0.4, 0.5) is 13.2 Å². The molecule has 20 heavy (non-hydrogen) atoms. The molecule has 1 saturated heterocycles. The summed E-state index contributed by atoms with van der Waals surface area (Å²) < 4.78 is 42.1. The van der Waals surface area contributed by atoms with E-state index in [2.05, 4.69) is 21.2 Å². The quantitative estimate of drug-likeness (QED) is 0.871. The number of alkyl halides is 2. The van der Waals surface area contributed by atoms with Gasteiger partial charge in [0, 0.05) is 30.7 Å². The first-order valence-electron chi connectivity index (χ1n) is 6.34. The second-order valence-electron chi connectivity index (χ2n) is 4.77. The molecule has 2 N–H and O–H groups in total. The van der Waals surface area contributed by atoms with Crippen LogP contribution in [-0.2, 0) is 0 Å². The Bertz CT molecular complexity index is 467. The van der Waals surface area contributed by atoms with Crippen LogP contribution in [-0.4, -0.2) is 48.7 Å². The van der Waals surface area contributed by atoms with E-state index in [0.29, 0.717) is 30.7 Å². The molecule has 1 aromatic carbocycles. The Hall–Kier alpha value is -0.630. The third-order valence-corrected chi connectivity index (χ3v) is 4.10. The van der Waals surface area contributed by atoms with Crippen LogP contribution in [0.25, 0.3) is 0 Å². The van der Waals surface area contributed by atoms with Crippen molar-refractivity contribution in [2.45, 2.75) is 12.0 Å². The predicted molar refractivity (Wildman–Crippen MR) is 73.3 cm³/mol. The summed E-state index contributed by atoms with van der Waals surface area (Å²) in [6.45, 7) is 0.743. The lowest BCUT2D eigenvalue weighted by Gasteiger charge is -2.39. The van der Waals surface area contributed by atoms with Crippen LogP contribution in [0.2, 0.25) is 0 Å². The van der Waals surface area contributed by atoms with Crippen molar-refractivity contribution in [2.75, 3.05) is 32.8 Å². The number of benzene rings is 1. The van der Waals surface area contributed by atoms with Crippen LogP contribution in [0, 0.1) is 5.82 Å². The van der Waals surface area contributed by atoms with Crippen LogP contribution in [0.5, 0.6) is 0 Å². The monoisotopic (exact) mass is 352 g/mol. The molecule has 2 rings (SSSR count). The fraction of sp³-hybridized carbons (Fsp3) is 0.538. The van der Waals surface area contributed by atoms with Gasteiger partial charge < -0.3 is 10.4 Å². The van der Waals surface area contributed by atoms with E-state index in [4.69, 9.17) is 5.11 Å². The lowest BCUT2D eigenvalue weighted by Crippen LogP contribution is -2.51. The number of nitrogens with one attached hydrogen (secondary N) is 1. The maximum atomic E-state index is 14.1. The number of piperazine rings is 1. The molecule has 7 heteroatoms. The van der Waals surface area contributed by atoms with Gasteiger partial charge in [-0.05, 0) is 23.8 Å². The van der Waals surface area contributed by atoms with Crippen molar-refractivity contribution in [1.82, 2.24) is 10.2 Å². The van der Waals surface area contributed by atoms with Crippen molar-refractivity contribution in [3.8, 4) is 0 Å². The highest BCUT2D eigenvalue weighted by atomic mass is 79.9. The van der Waals surface area contributed by atoms with E-state index in [1.165, 1.54) is 12.1 Å². The molecule has 1 aliphatic rings. The Morgan fingerprint density at radius 2 is 2.00 bits per heavy atom. The molecule has 3 nitrogen and oxygen atoms in total. The zero-order valence-corrected chi connectivity index (χ0v) is 12.3. The van der Waals surface area contributed by atoms with Gasteiger partial charge in [0.15, 0.2) is 0 Å². The van der Waals surface area contributed by atoms with E-state index < -0.39 is 24.4 Å². The third kappa shape index (κ3) is 3.33. The number of rotatable bonds is 4. The van der Waals surface area contributed by atoms with Crippen molar-refractivity contribution < 1.29 is 18.3 Å². The molecule has 1 atom stereocenters. The highest BCUT2D eigenvalue weighted by Gasteiger charge is 2.44. The highest BCUT2D eigenvalue weighted by Crippen LogP contribution is 2.39. The average molecular weight is 353 g/mol. The van der Waals surface area contributed by atoms with Gasteiger partial charge in [-0.2, -0.15) is 0 Å². The highest BCUT2D eigenvalue weighted by molar-refractivity contribution is 9.10. The SMILES string of the molecule is OCC(F)(F)[C@H](c1cc(F)ccc1Br)N1CCNCC1. The molecular formula is C13H16BrF3N2O. The van der Waals surface area contributed by atoms with Gasteiger partial charge in [-0.3, -0.25) is 4.90 Å². The molecule has 112 valence electrons. The van der Waals surface area contributed by atoms with Gasteiger partial charge in [-0.1, -0.05) is 15.9 Å². The van der Waals surface area contributed by atoms with Crippen molar-refractivity contribution in [3.05, 3.63) is 34.1 Å². The second kappa shape index (κ2) is 6.43. The molecule has 0 amide bonds. The second-order valence-corrected chi connectivity index (χ2v) is 5.63. The minimum atomic E-state index is -3.34. The molecule has 1 fully saturated rings. The van der Waals surface area contributed by atoms with Gasteiger partial charge in [0.25, 0.3) is 5.92 Å². The number of hydrogen-bond donors (Lipinski definition) is 2. The first kappa shape index (κ1) is 15.8. The smallest absolute Gasteiger partial charge is 0.289 e. The Labute approximate surface area is 123 Å². The Morgan fingerprint density at radius 1 is 1.35 bits per heavy atom. The number of nitrogens with zero attached hydrogens (tertiary/aromatic N) is 1. The van der Waals surface area contributed by atoms with Gasteiger partial charge in [-0.15, -0.1) is 0 Å². The average Bonchev–Trinajstić information content (AvgIpc) is 2.44. The standard InChI is InChI=1S/C13H16BrF3N2O/c14-11-2-1-9(15)7-10(11)12(13(16,17)8-20)19-5-3-18-4-6-19/h1-2,7,12,18,20H,3-6,8H2/t12-/m0/s1. The number of aliphatic hydroxyl groups is 1. The van der Waals surface area contributed by atoms with Crippen molar-refractivity contribution in [3.63, 3.8) is 0 Å². The van der Waals surface area contributed by atoms with E-state index in [9.17, 15) is 13.2 Å². The Balaban J connectivity index is 2.42. The summed E-state index contributed by atoms with van der Waals surface area (Å²) in [7, 11) is 0. The van der Waals surface area contributed by atoms with Crippen molar-refractivity contribution >= 4 is 15.9 Å².